The lowest BCUT2D eigenvalue weighted by Gasteiger charge is -2.24. The fraction of sp³-hybridized carbons (Fsp3) is 0.312. The molecule has 1 atom stereocenters. The number of benzene rings is 2. The van der Waals surface area contributed by atoms with E-state index in [0.717, 1.165) is 42.5 Å². The predicted octanol–water partition coefficient (Wildman–Crippen LogP) is 4.65. The maximum absolute atomic E-state index is 14.2. The van der Waals surface area contributed by atoms with E-state index in [-0.39, 0.29) is 18.1 Å². The normalized spacial score (nSPS) is 17.4. The third kappa shape index (κ3) is 4.99. The molecule has 2 aliphatic heterocycles. The number of amides is 1. The van der Waals surface area contributed by atoms with Crippen molar-refractivity contribution in [3.63, 3.8) is 0 Å². The number of ether oxygens (including phenoxy) is 1. The highest BCUT2D eigenvalue weighted by atomic mass is 32.1. The summed E-state index contributed by atoms with van der Waals surface area (Å²) in [5, 5.41) is 0. The minimum atomic E-state index is -0.731. The fourth-order valence-corrected chi connectivity index (χ4v) is 6.53. The summed E-state index contributed by atoms with van der Waals surface area (Å²) in [6.45, 7) is 8.20. The van der Waals surface area contributed by atoms with Crippen LogP contribution in [0.25, 0.3) is 5.57 Å². The fourth-order valence-electron chi connectivity index (χ4n) is 5.39. The zero-order chi connectivity index (χ0) is 28.2. The maximum Gasteiger partial charge on any atom is 0.338 e. The van der Waals surface area contributed by atoms with Crippen molar-refractivity contribution in [3.05, 3.63) is 109 Å². The molecular formula is C32H33N3O4S. The number of fused-ring (bicyclic) bond motifs is 2. The molecule has 3 heterocycles. The van der Waals surface area contributed by atoms with E-state index in [1.807, 2.05) is 54.6 Å². The number of nitrogens with zero attached hydrogens (tertiary/aromatic N) is 3. The van der Waals surface area contributed by atoms with Crippen LogP contribution in [0.15, 0.2) is 88.3 Å². The number of unbranched alkanes of at least 4 members (excludes halogenated alkanes) is 4. The first kappa shape index (κ1) is 27.5. The summed E-state index contributed by atoms with van der Waals surface area (Å²) in [6.07, 6.45) is 6.94. The van der Waals surface area contributed by atoms with Crippen molar-refractivity contribution in [1.29, 1.82) is 0 Å². The number of allylic oxidation sites excluding steroid dienone is 1. The zero-order valence-electron chi connectivity index (χ0n) is 22.9. The van der Waals surface area contributed by atoms with Crippen LogP contribution in [-0.2, 0) is 14.3 Å². The standard InChI is InChI=1S/C32H33N3O4S/c1-4-6-7-8-14-19-34-24-18-13-12-17-23(24)26(29(34)36)28-30(37)35-27(22-15-10-9-11-16-22)25(31(38)39-20-5-2)21(3)33-32(35)40-28/h5,9-13,15-18,27H,2,4,6-8,14,19-20H2,1,3H3/b28-26+. The number of hydrogen-bond acceptors (Lipinski definition) is 6. The van der Waals surface area contributed by atoms with E-state index in [1.165, 1.54) is 28.4 Å². The summed E-state index contributed by atoms with van der Waals surface area (Å²) in [5.41, 5.74) is 3.17. The maximum atomic E-state index is 14.2. The number of thiazole rings is 1. The van der Waals surface area contributed by atoms with Crippen LogP contribution < -0.4 is 19.8 Å². The highest BCUT2D eigenvalue weighted by molar-refractivity contribution is 7.07. The highest BCUT2D eigenvalue weighted by Crippen LogP contribution is 2.36. The third-order valence-corrected chi connectivity index (χ3v) is 8.35. The van der Waals surface area contributed by atoms with Gasteiger partial charge in [0.25, 0.3) is 11.5 Å². The molecule has 1 aromatic heterocycles. The van der Waals surface area contributed by atoms with Crippen LogP contribution in [0.2, 0.25) is 0 Å². The molecule has 0 N–H and O–H groups in total. The summed E-state index contributed by atoms with van der Waals surface area (Å²) in [6, 6.07) is 16.3. The van der Waals surface area contributed by atoms with Gasteiger partial charge in [-0.3, -0.25) is 14.2 Å². The lowest BCUT2D eigenvalue weighted by Crippen LogP contribution is -2.41. The molecule has 2 aromatic carbocycles. The van der Waals surface area contributed by atoms with Gasteiger partial charge in [-0.05, 0) is 25.0 Å². The number of esters is 1. The summed E-state index contributed by atoms with van der Waals surface area (Å²) in [7, 11) is 0. The number of rotatable bonds is 10. The van der Waals surface area contributed by atoms with Crippen molar-refractivity contribution in [2.45, 2.75) is 52.0 Å². The Morgan fingerprint density at radius 3 is 2.52 bits per heavy atom. The quantitative estimate of drug-likeness (QED) is 0.207. The van der Waals surface area contributed by atoms with E-state index >= 15 is 0 Å². The first-order chi connectivity index (χ1) is 19.5. The number of anilines is 1. The summed E-state index contributed by atoms with van der Waals surface area (Å²) in [5.74, 6) is -0.718. The van der Waals surface area contributed by atoms with E-state index < -0.39 is 12.0 Å². The van der Waals surface area contributed by atoms with Gasteiger partial charge in [0, 0.05) is 12.1 Å². The van der Waals surface area contributed by atoms with Crippen LogP contribution in [0.1, 0.15) is 63.1 Å². The third-order valence-electron chi connectivity index (χ3n) is 7.30. The number of hydrogen-bond donors (Lipinski definition) is 0. The predicted molar refractivity (Wildman–Crippen MR) is 158 cm³/mol. The summed E-state index contributed by atoms with van der Waals surface area (Å²) >= 11 is 1.19. The highest BCUT2D eigenvalue weighted by Gasteiger charge is 2.37. The smallest absolute Gasteiger partial charge is 0.338 e. The minimum Gasteiger partial charge on any atom is -0.458 e. The topological polar surface area (TPSA) is 81.0 Å². The van der Waals surface area contributed by atoms with Gasteiger partial charge in [0.05, 0.1) is 28.6 Å². The van der Waals surface area contributed by atoms with Gasteiger partial charge >= 0.3 is 5.97 Å². The van der Waals surface area contributed by atoms with Gasteiger partial charge < -0.3 is 9.64 Å². The Kier molecular flexibility index (Phi) is 8.26. The summed E-state index contributed by atoms with van der Waals surface area (Å²) in [4.78, 5) is 48.2. The Bertz CT molecular complexity index is 1670. The molecule has 0 saturated carbocycles. The first-order valence-corrected chi connectivity index (χ1v) is 14.6. The molecule has 3 aromatic rings. The summed E-state index contributed by atoms with van der Waals surface area (Å²) < 4.78 is 7.26. The molecule has 7 nitrogen and oxygen atoms in total. The Balaban J connectivity index is 1.65. The van der Waals surface area contributed by atoms with Crippen molar-refractivity contribution in [2.75, 3.05) is 18.1 Å². The van der Waals surface area contributed by atoms with Gasteiger partial charge in [-0.25, -0.2) is 9.79 Å². The molecule has 1 amide bonds. The first-order valence-electron chi connectivity index (χ1n) is 13.8. The van der Waals surface area contributed by atoms with E-state index in [2.05, 4.69) is 18.5 Å². The van der Waals surface area contributed by atoms with Gasteiger partial charge in [0.2, 0.25) is 0 Å². The molecule has 0 bridgehead atoms. The van der Waals surface area contributed by atoms with Gasteiger partial charge in [-0.15, -0.1) is 0 Å². The Morgan fingerprint density at radius 2 is 1.77 bits per heavy atom. The second-order valence-electron chi connectivity index (χ2n) is 9.96. The zero-order valence-corrected chi connectivity index (χ0v) is 23.7. The average molecular weight is 556 g/mol. The van der Waals surface area contributed by atoms with Gasteiger partial charge in [-0.1, -0.05) is 105 Å². The molecule has 0 radical (unpaired) electrons. The van der Waals surface area contributed by atoms with Gasteiger partial charge in [0.1, 0.15) is 11.1 Å². The minimum absolute atomic E-state index is 0.0469. The van der Waals surface area contributed by atoms with Crippen LogP contribution in [0.5, 0.6) is 0 Å². The lowest BCUT2D eigenvalue weighted by atomic mass is 9.96. The van der Waals surface area contributed by atoms with Crippen LogP contribution in [-0.4, -0.2) is 29.6 Å². The number of para-hydroxylation sites is 1. The van der Waals surface area contributed by atoms with Crippen LogP contribution in [0, 0.1) is 0 Å². The van der Waals surface area contributed by atoms with Crippen molar-refractivity contribution >= 4 is 34.5 Å². The molecule has 0 aliphatic carbocycles. The lowest BCUT2D eigenvalue weighted by molar-refractivity contribution is -0.138. The molecule has 0 saturated heterocycles. The Morgan fingerprint density at radius 1 is 1.05 bits per heavy atom. The van der Waals surface area contributed by atoms with E-state index in [4.69, 9.17) is 4.74 Å². The molecule has 8 heteroatoms. The van der Waals surface area contributed by atoms with Crippen LogP contribution >= 0.6 is 11.3 Å². The Hall–Kier alpha value is -4.04. The SMILES string of the molecule is C=CCOC(=O)C1=C(C)N=c2s/c(=C3/C(=O)N(CCCCCCC)c4ccccc43)c(=O)n2C1c1ccccc1. The largest absolute Gasteiger partial charge is 0.458 e. The number of carbonyl (C=O) groups excluding carboxylic acids is 2. The second kappa shape index (κ2) is 12.0. The average Bonchev–Trinajstić information content (AvgIpc) is 3.43. The molecular weight excluding hydrogens is 522 g/mol. The second-order valence-corrected chi connectivity index (χ2v) is 10.9. The van der Waals surface area contributed by atoms with Gasteiger partial charge in [0.15, 0.2) is 4.80 Å². The van der Waals surface area contributed by atoms with Crippen molar-refractivity contribution in [1.82, 2.24) is 4.57 Å². The number of aromatic nitrogens is 1. The monoisotopic (exact) mass is 555 g/mol. The Labute approximate surface area is 237 Å². The van der Waals surface area contributed by atoms with Crippen molar-refractivity contribution in [2.24, 2.45) is 4.99 Å². The van der Waals surface area contributed by atoms with E-state index in [1.54, 1.807) is 11.8 Å². The molecule has 0 spiro atoms. The van der Waals surface area contributed by atoms with Crippen molar-refractivity contribution < 1.29 is 14.3 Å². The van der Waals surface area contributed by atoms with Crippen LogP contribution in [0.3, 0.4) is 0 Å². The van der Waals surface area contributed by atoms with Crippen molar-refractivity contribution in [3.8, 4) is 0 Å². The number of carbonyl (C=O) groups is 2. The van der Waals surface area contributed by atoms with E-state index in [0.29, 0.717) is 32.7 Å². The van der Waals surface area contributed by atoms with E-state index in [9.17, 15) is 14.4 Å². The van der Waals surface area contributed by atoms with Crippen LogP contribution in [0.4, 0.5) is 5.69 Å². The molecule has 2 aliphatic rings. The molecule has 5 rings (SSSR count). The molecule has 206 valence electrons. The van der Waals surface area contributed by atoms with Gasteiger partial charge in [-0.2, -0.15) is 0 Å². The molecule has 40 heavy (non-hydrogen) atoms. The molecule has 1 unspecified atom stereocenters. The molecule has 0 fully saturated rings.